The molecule has 0 amide bonds. The lowest BCUT2D eigenvalue weighted by atomic mass is 9.95. The van der Waals surface area contributed by atoms with Gasteiger partial charge in [0.1, 0.15) is 10.8 Å². The summed E-state index contributed by atoms with van der Waals surface area (Å²) >= 11 is 1.67. The second kappa shape index (κ2) is 6.66. The summed E-state index contributed by atoms with van der Waals surface area (Å²) in [7, 11) is 1.74. The predicted molar refractivity (Wildman–Crippen MR) is 92.4 cm³/mol. The third-order valence-electron chi connectivity index (χ3n) is 4.19. The van der Waals surface area contributed by atoms with E-state index in [0.717, 1.165) is 29.4 Å². The van der Waals surface area contributed by atoms with Crippen molar-refractivity contribution in [3.8, 4) is 0 Å². The molecule has 1 aromatic carbocycles. The Hall–Kier alpha value is -1.95. The van der Waals surface area contributed by atoms with E-state index in [1.165, 1.54) is 10.9 Å². The first kappa shape index (κ1) is 15.9. The van der Waals surface area contributed by atoms with Crippen molar-refractivity contribution in [2.75, 3.05) is 13.6 Å². The van der Waals surface area contributed by atoms with E-state index in [0.29, 0.717) is 13.1 Å². The summed E-state index contributed by atoms with van der Waals surface area (Å²) in [5.74, 6) is 0.605. The first-order valence-electron chi connectivity index (χ1n) is 7.74. The molecule has 1 aromatic heterocycles. The summed E-state index contributed by atoms with van der Waals surface area (Å²) in [6, 6.07) is 7.06. The summed E-state index contributed by atoms with van der Waals surface area (Å²) < 4.78 is 14.0. The van der Waals surface area contributed by atoms with Crippen molar-refractivity contribution in [2.24, 2.45) is 4.99 Å². The van der Waals surface area contributed by atoms with Crippen LogP contribution < -0.4 is 10.6 Å². The van der Waals surface area contributed by atoms with Crippen molar-refractivity contribution in [3.05, 3.63) is 51.7 Å². The third-order valence-corrected chi connectivity index (χ3v) is 5.11. The van der Waals surface area contributed by atoms with Crippen LogP contribution in [0.2, 0.25) is 0 Å². The summed E-state index contributed by atoms with van der Waals surface area (Å²) in [5.41, 5.74) is 0.708. The molecular formula is C17H21FN4S. The number of hydrogen-bond acceptors (Lipinski definition) is 3. The molecule has 6 heteroatoms. The molecule has 1 fully saturated rings. The molecule has 0 aliphatic heterocycles. The average molecular weight is 332 g/mol. The lowest BCUT2D eigenvalue weighted by Crippen LogP contribution is -2.41. The predicted octanol–water partition coefficient (Wildman–Crippen LogP) is 2.99. The minimum absolute atomic E-state index is 0.0965. The van der Waals surface area contributed by atoms with E-state index in [-0.39, 0.29) is 11.2 Å². The van der Waals surface area contributed by atoms with Gasteiger partial charge in [0.05, 0.1) is 6.54 Å². The maximum Gasteiger partial charge on any atom is 0.191 e. The molecule has 1 saturated carbocycles. The van der Waals surface area contributed by atoms with E-state index in [2.05, 4.69) is 20.6 Å². The number of guanidine groups is 1. The van der Waals surface area contributed by atoms with Crippen LogP contribution in [0.25, 0.3) is 0 Å². The molecule has 1 heterocycles. The zero-order chi connectivity index (χ0) is 16.3. The smallest absolute Gasteiger partial charge is 0.191 e. The van der Waals surface area contributed by atoms with Gasteiger partial charge in [-0.2, -0.15) is 0 Å². The highest BCUT2D eigenvalue weighted by molar-refractivity contribution is 7.11. The van der Waals surface area contributed by atoms with E-state index >= 15 is 0 Å². The molecule has 0 saturated heterocycles. The Bertz CT molecular complexity index is 706. The van der Waals surface area contributed by atoms with Gasteiger partial charge in [-0.3, -0.25) is 4.99 Å². The van der Waals surface area contributed by atoms with Crippen LogP contribution >= 0.6 is 11.3 Å². The maximum atomic E-state index is 14.0. The van der Waals surface area contributed by atoms with Gasteiger partial charge < -0.3 is 10.6 Å². The zero-order valence-corrected chi connectivity index (χ0v) is 14.2. The molecule has 0 spiro atoms. The number of thiazole rings is 1. The Morgan fingerprint density at radius 3 is 2.74 bits per heavy atom. The van der Waals surface area contributed by atoms with Gasteiger partial charge in [0.25, 0.3) is 0 Å². The molecular weight excluding hydrogens is 311 g/mol. The SMILES string of the molecule is CN=C(NCc1ncc(C)s1)NCC1(c2ccccc2F)CC1. The molecule has 0 bridgehead atoms. The normalized spacial score (nSPS) is 16.2. The second-order valence-electron chi connectivity index (χ2n) is 5.90. The van der Waals surface area contributed by atoms with Crippen LogP contribution in [-0.2, 0) is 12.0 Å². The topological polar surface area (TPSA) is 49.3 Å². The Labute approximate surface area is 139 Å². The molecule has 0 radical (unpaired) electrons. The Kier molecular flexibility index (Phi) is 4.61. The number of rotatable bonds is 5. The van der Waals surface area contributed by atoms with E-state index in [1.807, 2.05) is 25.3 Å². The van der Waals surface area contributed by atoms with Crippen molar-refractivity contribution >= 4 is 17.3 Å². The number of hydrogen-bond donors (Lipinski definition) is 2. The Balaban J connectivity index is 1.57. The number of nitrogens with zero attached hydrogens (tertiary/aromatic N) is 2. The van der Waals surface area contributed by atoms with E-state index in [1.54, 1.807) is 24.5 Å². The standard InChI is InChI=1S/C17H21FN4S/c1-12-9-20-15(23-12)10-21-16(19-2)22-11-17(7-8-17)13-5-3-4-6-14(13)18/h3-6,9H,7-8,10-11H2,1-2H3,(H2,19,21,22). The minimum Gasteiger partial charge on any atom is -0.356 e. The highest BCUT2D eigenvalue weighted by Crippen LogP contribution is 2.48. The van der Waals surface area contributed by atoms with E-state index in [9.17, 15) is 4.39 Å². The quantitative estimate of drug-likeness (QED) is 0.654. The zero-order valence-electron chi connectivity index (χ0n) is 13.4. The summed E-state index contributed by atoms with van der Waals surface area (Å²) in [5, 5.41) is 7.61. The van der Waals surface area contributed by atoms with Gasteiger partial charge in [-0.05, 0) is 31.4 Å². The molecule has 1 aliphatic rings. The average Bonchev–Trinajstić information content (AvgIpc) is 3.22. The van der Waals surface area contributed by atoms with Crippen LogP contribution in [0.3, 0.4) is 0 Å². The fourth-order valence-electron chi connectivity index (χ4n) is 2.70. The van der Waals surface area contributed by atoms with Crippen LogP contribution in [0.5, 0.6) is 0 Å². The highest BCUT2D eigenvalue weighted by atomic mass is 32.1. The molecule has 0 unspecified atom stereocenters. The van der Waals surface area contributed by atoms with Crippen molar-refractivity contribution < 1.29 is 4.39 Å². The number of aliphatic imine (C=N–C) groups is 1. The van der Waals surface area contributed by atoms with E-state index in [4.69, 9.17) is 0 Å². The maximum absolute atomic E-state index is 14.0. The molecule has 4 nitrogen and oxygen atoms in total. The van der Waals surface area contributed by atoms with Gasteiger partial charge in [-0.25, -0.2) is 9.37 Å². The van der Waals surface area contributed by atoms with E-state index < -0.39 is 0 Å². The lowest BCUT2D eigenvalue weighted by Gasteiger charge is -2.19. The van der Waals surface area contributed by atoms with Crippen LogP contribution in [0.15, 0.2) is 35.5 Å². The molecule has 1 aliphatic carbocycles. The van der Waals surface area contributed by atoms with Gasteiger partial charge in [0.15, 0.2) is 5.96 Å². The Morgan fingerprint density at radius 1 is 1.35 bits per heavy atom. The largest absolute Gasteiger partial charge is 0.356 e. The summed E-state index contributed by atoms with van der Waals surface area (Å²) in [6.45, 7) is 3.37. The van der Waals surface area contributed by atoms with Gasteiger partial charge in [-0.15, -0.1) is 11.3 Å². The molecule has 2 aromatic rings. The van der Waals surface area contributed by atoms with Crippen LogP contribution in [0.1, 0.15) is 28.3 Å². The fourth-order valence-corrected chi connectivity index (χ4v) is 3.43. The monoisotopic (exact) mass is 332 g/mol. The van der Waals surface area contributed by atoms with Crippen molar-refractivity contribution in [2.45, 2.75) is 31.7 Å². The lowest BCUT2D eigenvalue weighted by molar-refractivity contribution is 0.559. The molecule has 0 atom stereocenters. The van der Waals surface area contributed by atoms with Crippen LogP contribution in [0, 0.1) is 12.7 Å². The number of aryl methyl sites for hydroxylation is 1. The Morgan fingerprint density at radius 2 is 2.13 bits per heavy atom. The van der Waals surface area contributed by atoms with Crippen molar-refractivity contribution in [3.63, 3.8) is 0 Å². The number of benzene rings is 1. The van der Waals surface area contributed by atoms with Crippen molar-refractivity contribution in [1.82, 2.24) is 15.6 Å². The summed E-state index contributed by atoms with van der Waals surface area (Å²) in [4.78, 5) is 9.76. The van der Waals surface area contributed by atoms with Crippen LogP contribution in [0.4, 0.5) is 4.39 Å². The third kappa shape index (κ3) is 3.69. The molecule has 3 rings (SSSR count). The number of nitrogens with one attached hydrogen (secondary N) is 2. The van der Waals surface area contributed by atoms with Gasteiger partial charge >= 0.3 is 0 Å². The first-order valence-corrected chi connectivity index (χ1v) is 8.55. The fraction of sp³-hybridized carbons (Fsp3) is 0.412. The van der Waals surface area contributed by atoms with Crippen molar-refractivity contribution in [1.29, 1.82) is 0 Å². The molecule has 122 valence electrons. The number of halogens is 1. The molecule has 2 N–H and O–H groups in total. The highest BCUT2D eigenvalue weighted by Gasteiger charge is 2.45. The number of aromatic nitrogens is 1. The van der Waals surface area contributed by atoms with Crippen LogP contribution in [-0.4, -0.2) is 24.5 Å². The van der Waals surface area contributed by atoms with Gasteiger partial charge in [0.2, 0.25) is 0 Å². The van der Waals surface area contributed by atoms with Gasteiger partial charge in [0, 0.05) is 30.1 Å². The second-order valence-corrected chi connectivity index (χ2v) is 7.22. The molecule has 23 heavy (non-hydrogen) atoms. The first-order chi connectivity index (χ1) is 11.1. The minimum atomic E-state index is -0.118. The summed E-state index contributed by atoms with van der Waals surface area (Å²) in [6.07, 6.45) is 3.88. The van der Waals surface area contributed by atoms with Gasteiger partial charge in [-0.1, -0.05) is 18.2 Å².